The maximum atomic E-state index is 13.0. The van der Waals surface area contributed by atoms with Crippen LogP contribution in [-0.2, 0) is 0 Å². The van der Waals surface area contributed by atoms with Crippen LogP contribution in [0.2, 0.25) is 0 Å². The van der Waals surface area contributed by atoms with Crippen molar-refractivity contribution in [1.29, 1.82) is 0 Å². The van der Waals surface area contributed by atoms with Gasteiger partial charge in [0, 0.05) is 29.7 Å². The highest BCUT2D eigenvalue weighted by atomic mass is 16.5. The lowest BCUT2D eigenvalue weighted by molar-refractivity contribution is 0.103. The van der Waals surface area contributed by atoms with Gasteiger partial charge in [0.1, 0.15) is 16.9 Å². The molecule has 1 aliphatic heterocycles. The summed E-state index contributed by atoms with van der Waals surface area (Å²) in [6.07, 6.45) is 1.02. The van der Waals surface area contributed by atoms with Crippen LogP contribution < -0.4 is 15.3 Å². The second-order valence-corrected chi connectivity index (χ2v) is 8.40. The Morgan fingerprint density at radius 3 is 2.62 bits per heavy atom. The topological polar surface area (TPSA) is 59.8 Å². The molecule has 2 aromatic carbocycles. The van der Waals surface area contributed by atoms with E-state index in [4.69, 9.17) is 9.15 Å². The van der Waals surface area contributed by atoms with Crippen LogP contribution in [0.15, 0.2) is 51.7 Å². The van der Waals surface area contributed by atoms with Gasteiger partial charge in [-0.3, -0.25) is 4.79 Å². The minimum absolute atomic E-state index is 0.0131. The highest BCUT2D eigenvalue weighted by Gasteiger charge is 2.34. The minimum atomic E-state index is -0.640. The molecule has 0 spiro atoms. The highest BCUT2D eigenvalue weighted by Crippen LogP contribution is 2.43. The zero-order chi connectivity index (χ0) is 20.9. The van der Waals surface area contributed by atoms with Gasteiger partial charge in [-0.25, -0.2) is 4.79 Å². The lowest BCUT2D eigenvalue weighted by Gasteiger charge is -2.45. The third-order valence-corrected chi connectivity index (χ3v) is 6.08. The Labute approximate surface area is 169 Å². The Balaban J connectivity index is 1.87. The lowest BCUT2D eigenvalue weighted by atomic mass is 9.80. The third-order valence-electron chi connectivity index (χ3n) is 6.08. The predicted molar refractivity (Wildman–Crippen MR) is 114 cm³/mol. The molecule has 2 heterocycles. The van der Waals surface area contributed by atoms with Crippen molar-refractivity contribution >= 4 is 22.4 Å². The van der Waals surface area contributed by atoms with Gasteiger partial charge in [-0.15, -0.1) is 0 Å². The molecule has 5 heteroatoms. The standard InChI is InChI=1S/C24H25NO4/c1-14-13-24(2,3)25(4)19-12-21-15(10-17(14)19)11-18(23(27)29-21)22(26)16-8-6-7-9-20(16)28-5/h6-12,14H,13H2,1-5H3. The Kier molecular flexibility index (Phi) is 4.49. The van der Waals surface area contributed by atoms with Gasteiger partial charge in [-0.2, -0.15) is 0 Å². The Bertz CT molecular complexity index is 1180. The molecule has 0 saturated heterocycles. The number of methoxy groups -OCH3 is 1. The quantitative estimate of drug-likeness (QED) is 0.476. The van der Waals surface area contributed by atoms with Crippen LogP contribution >= 0.6 is 0 Å². The van der Waals surface area contributed by atoms with Crippen molar-refractivity contribution in [1.82, 2.24) is 0 Å². The van der Waals surface area contributed by atoms with Gasteiger partial charge in [0.25, 0.3) is 0 Å². The molecule has 1 atom stereocenters. The monoisotopic (exact) mass is 391 g/mol. The van der Waals surface area contributed by atoms with Gasteiger partial charge in [0.15, 0.2) is 0 Å². The van der Waals surface area contributed by atoms with E-state index in [1.54, 1.807) is 30.3 Å². The molecule has 29 heavy (non-hydrogen) atoms. The first kappa shape index (κ1) is 19.2. The molecule has 0 saturated carbocycles. The number of hydrogen-bond acceptors (Lipinski definition) is 5. The molecule has 3 aromatic rings. The normalized spacial score (nSPS) is 17.8. The second-order valence-electron chi connectivity index (χ2n) is 8.40. The first-order chi connectivity index (χ1) is 13.7. The van der Waals surface area contributed by atoms with Crippen molar-refractivity contribution in [2.75, 3.05) is 19.1 Å². The van der Waals surface area contributed by atoms with Gasteiger partial charge < -0.3 is 14.1 Å². The Hall–Kier alpha value is -3.08. The number of rotatable bonds is 3. The molecule has 0 fully saturated rings. The number of benzene rings is 2. The van der Waals surface area contributed by atoms with E-state index in [0.29, 0.717) is 22.8 Å². The summed E-state index contributed by atoms with van der Waals surface area (Å²) < 4.78 is 10.9. The predicted octanol–water partition coefficient (Wildman–Crippen LogP) is 4.75. The van der Waals surface area contributed by atoms with E-state index >= 15 is 0 Å². The molecule has 0 bridgehead atoms. The Morgan fingerprint density at radius 2 is 1.90 bits per heavy atom. The van der Waals surface area contributed by atoms with E-state index in [1.165, 1.54) is 12.7 Å². The first-order valence-electron chi connectivity index (χ1n) is 9.76. The van der Waals surface area contributed by atoms with Crippen LogP contribution in [0.3, 0.4) is 0 Å². The molecule has 5 nitrogen and oxygen atoms in total. The van der Waals surface area contributed by atoms with Gasteiger partial charge in [-0.05, 0) is 56.0 Å². The molecule has 1 aromatic heterocycles. The van der Waals surface area contributed by atoms with Crippen molar-refractivity contribution in [3.8, 4) is 5.75 Å². The fourth-order valence-corrected chi connectivity index (χ4v) is 4.32. The molecule has 0 radical (unpaired) electrons. The number of hydrogen-bond donors (Lipinski definition) is 0. The molecule has 1 unspecified atom stereocenters. The van der Waals surface area contributed by atoms with Gasteiger partial charge in [-0.1, -0.05) is 19.1 Å². The number of nitrogens with zero attached hydrogens (tertiary/aromatic N) is 1. The summed E-state index contributed by atoms with van der Waals surface area (Å²) in [5.41, 5.74) is 2.48. The van der Waals surface area contributed by atoms with Crippen LogP contribution in [0.1, 0.15) is 54.6 Å². The fourth-order valence-electron chi connectivity index (χ4n) is 4.32. The van der Waals surface area contributed by atoms with Crippen molar-refractivity contribution in [3.05, 3.63) is 69.6 Å². The summed E-state index contributed by atoms with van der Waals surface area (Å²) in [5.74, 6) is 0.392. The number of fused-ring (bicyclic) bond motifs is 2. The molecular weight excluding hydrogens is 366 g/mol. The van der Waals surface area contributed by atoms with Gasteiger partial charge >= 0.3 is 5.63 Å². The van der Waals surface area contributed by atoms with Crippen molar-refractivity contribution in [3.63, 3.8) is 0 Å². The number of para-hydroxylation sites is 1. The number of anilines is 1. The molecule has 0 N–H and O–H groups in total. The van der Waals surface area contributed by atoms with Crippen LogP contribution in [0.5, 0.6) is 5.75 Å². The third kappa shape index (κ3) is 3.11. The smallest absolute Gasteiger partial charge is 0.347 e. The average Bonchev–Trinajstić information content (AvgIpc) is 2.70. The fraction of sp³-hybridized carbons (Fsp3) is 0.333. The van der Waals surface area contributed by atoms with Crippen LogP contribution in [-0.4, -0.2) is 25.5 Å². The second kappa shape index (κ2) is 6.76. The van der Waals surface area contributed by atoms with Gasteiger partial charge in [0.05, 0.1) is 12.7 Å². The maximum Gasteiger partial charge on any atom is 0.347 e. The zero-order valence-corrected chi connectivity index (χ0v) is 17.4. The highest BCUT2D eigenvalue weighted by molar-refractivity contribution is 6.11. The molecule has 1 aliphatic rings. The van der Waals surface area contributed by atoms with E-state index in [1.807, 2.05) is 12.1 Å². The maximum absolute atomic E-state index is 13.0. The largest absolute Gasteiger partial charge is 0.496 e. The number of carbonyl (C=O) groups is 1. The summed E-state index contributed by atoms with van der Waals surface area (Å²) in [5, 5.41) is 0.751. The SMILES string of the molecule is COc1ccccc1C(=O)c1cc2cc3c(cc2oc1=O)N(C)C(C)(C)CC3C. The lowest BCUT2D eigenvalue weighted by Crippen LogP contribution is -2.45. The summed E-state index contributed by atoms with van der Waals surface area (Å²) in [6, 6.07) is 12.5. The summed E-state index contributed by atoms with van der Waals surface area (Å²) >= 11 is 0. The number of ether oxygens (including phenoxy) is 1. The van der Waals surface area contributed by atoms with Crippen LogP contribution in [0.4, 0.5) is 5.69 Å². The van der Waals surface area contributed by atoms with Crippen molar-refractivity contribution in [2.24, 2.45) is 0 Å². The first-order valence-corrected chi connectivity index (χ1v) is 9.76. The summed E-state index contributed by atoms with van der Waals surface area (Å²) in [4.78, 5) is 27.9. The number of ketones is 1. The summed E-state index contributed by atoms with van der Waals surface area (Å²) in [6.45, 7) is 6.63. The minimum Gasteiger partial charge on any atom is -0.496 e. The van der Waals surface area contributed by atoms with Crippen molar-refractivity contribution in [2.45, 2.75) is 38.6 Å². The average molecular weight is 391 g/mol. The van der Waals surface area contributed by atoms with Gasteiger partial charge in [0.2, 0.25) is 5.78 Å². The Morgan fingerprint density at radius 1 is 1.17 bits per heavy atom. The van der Waals surface area contributed by atoms with Crippen LogP contribution in [0, 0.1) is 0 Å². The van der Waals surface area contributed by atoms with Crippen LogP contribution in [0.25, 0.3) is 11.0 Å². The van der Waals surface area contributed by atoms with E-state index < -0.39 is 11.4 Å². The van der Waals surface area contributed by atoms with E-state index in [9.17, 15) is 9.59 Å². The molecular formula is C24H25NO4. The van der Waals surface area contributed by atoms with E-state index in [2.05, 4.69) is 32.7 Å². The van der Waals surface area contributed by atoms with E-state index in [-0.39, 0.29) is 11.1 Å². The molecule has 0 amide bonds. The molecule has 0 aliphatic carbocycles. The zero-order valence-electron chi connectivity index (χ0n) is 17.4. The summed E-state index contributed by atoms with van der Waals surface area (Å²) in [7, 11) is 3.56. The van der Waals surface area contributed by atoms with Crippen molar-refractivity contribution < 1.29 is 13.9 Å². The molecule has 150 valence electrons. The molecule has 4 rings (SSSR count). The van der Waals surface area contributed by atoms with E-state index in [0.717, 1.165) is 17.5 Å². The number of carbonyl (C=O) groups excluding carboxylic acids is 1.